The first-order valence-corrected chi connectivity index (χ1v) is 6.81. The van der Waals surface area contributed by atoms with Gasteiger partial charge in [-0.05, 0) is 48.9 Å². The lowest BCUT2D eigenvalue weighted by Crippen LogP contribution is -2.15. The molecule has 1 atom stereocenters. The van der Waals surface area contributed by atoms with Crippen LogP contribution in [0.1, 0.15) is 47.3 Å². The van der Waals surface area contributed by atoms with Crippen molar-refractivity contribution in [2.75, 3.05) is 0 Å². The zero-order valence-electron chi connectivity index (χ0n) is 10.6. The molecule has 1 aromatic carbocycles. The molecule has 0 saturated heterocycles. The van der Waals surface area contributed by atoms with E-state index >= 15 is 0 Å². The van der Waals surface area contributed by atoms with Gasteiger partial charge < -0.3 is 5.11 Å². The highest BCUT2D eigenvalue weighted by molar-refractivity contribution is 6.31. The lowest BCUT2D eigenvalue weighted by molar-refractivity contribution is 0.0697. The van der Waals surface area contributed by atoms with E-state index in [1.807, 2.05) is 0 Å². The molecule has 0 amide bonds. The predicted octanol–water partition coefficient (Wildman–Crippen LogP) is 4.03. The van der Waals surface area contributed by atoms with E-state index in [0.717, 1.165) is 30.5 Å². The third kappa shape index (κ3) is 1.98. The Labute approximate surface area is 116 Å². The van der Waals surface area contributed by atoms with Crippen molar-refractivity contribution in [3.8, 4) is 0 Å². The van der Waals surface area contributed by atoms with Gasteiger partial charge in [0.2, 0.25) is 0 Å². The summed E-state index contributed by atoms with van der Waals surface area (Å²) < 4.78 is 0. The molecule has 3 rings (SSSR count). The molecule has 0 aliphatic heterocycles. The van der Waals surface area contributed by atoms with E-state index in [1.165, 1.54) is 0 Å². The maximum absolute atomic E-state index is 11.6. The molecule has 0 radical (unpaired) electrons. The third-order valence-corrected chi connectivity index (χ3v) is 4.06. The highest BCUT2D eigenvalue weighted by atomic mass is 35.5. The van der Waals surface area contributed by atoms with Crippen molar-refractivity contribution < 1.29 is 9.90 Å². The summed E-state index contributed by atoms with van der Waals surface area (Å²) in [5.74, 6) is -0.568. The summed E-state index contributed by atoms with van der Waals surface area (Å²) in [4.78, 5) is 16.3. The summed E-state index contributed by atoms with van der Waals surface area (Å²) in [7, 11) is 0. The number of carboxylic acid groups (broad SMARTS) is 1. The van der Waals surface area contributed by atoms with E-state index in [0.29, 0.717) is 27.4 Å². The Hall–Kier alpha value is -1.61. The van der Waals surface area contributed by atoms with E-state index in [9.17, 15) is 9.90 Å². The second-order valence-corrected chi connectivity index (χ2v) is 5.55. The monoisotopic (exact) mass is 275 g/mol. The zero-order valence-corrected chi connectivity index (χ0v) is 11.4. The number of hydrogen-bond donors (Lipinski definition) is 1. The van der Waals surface area contributed by atoms with Crippen LogP contribution in [0.5, 0.6) is 0 Å². The van der Waals surface area contributed by atoms with Crippen LogP contribution in [0, 0.1) is 0 Å². The molecule has 0 saturated carbocycles. The average Bonchev–Trinajstić information content (AvgIpc) is 2.36. The number of nitrogens with zero attached hydrogens (tertiary/aromatic N) is 1. The molecule has 1 aromatic heterocycles. The molecule has 2 aromatic rings. The van der Waals surface area contributed by atoms with E-state index in [2.05, 4.69) is 11.9 Å². The van der Waals surface area contributed by atoms with E-state index in [-0.39, 0.29) is 0 Å². The quantitative estimate of drug-likeness (QED) is 0.855. The average molecular weight is 276 g/mol. The fourth-order valence-electron chi connectivity index (χ4n) is 2.92. The number of carbonyl (C=O) groups is 1. The maximum atomic E-state index is 11.6. The number of halogens is 1. The van der Waals surface area contributed by atoms with Gasteiger partial charge in [0.05, 0.1) is 11.1 Å². The number of rotatable bonds is 1. The van der Waals surface area contributed by atoms with Crippen LogP contribution in [-0.4, -0.2) is 16.1 Å². The standard InChI is InChI=1S/C15H14ClNO2/c1-8-3-2-4-10-13(15(18)19)11-7-9(16)5-6-12(11)17-14(8)10/h5-8H,2-4H2,1H3,(H,18,19). The number of aromatic nitrogens is 1. The molecular formula is C15H14ClNO2. The number of hydrogen-bond acceptors (Lipinski definition) is 2. The second-order valence-electron chi connectivity index (χ2n) is 5.11. The van der Waals surface area contributed by atoms with Gasteiger partial charge in [0, 0.05) is 16.1 Å². The maximum Gasteiger partial charge on any atom is 0.336 e. The largest absolute Gasteiger partial charge is 0.478 e. The van der Waals surface area contributed by atoms with Crippen molar-refractivity contribution in [2.45, 2.75) is 32.1 Å². The summed E-state index contributed by atoms with van der Waals surface area (Å²) in [5, 5.41) is 10.7. The molecule has 0 spiro atoms. The van der Waals surface area contributed by atoms with Crippen molar-refractivity contribution in [2.24, 2.45) is 0 Å². The molecule has 1 heterocycles. The normalized spacial score (nSPS) is 18.3. The number of aromatic carboxylic acids is 1. The van der Waals surface area contributed by atoms with Crippen molar-refractivity contribution in [3.05, 3.63) is 40.0 Å². The molecule has 98 valence electrons. The fourth-order valence-corrected chi connectivity index (χ4v) is 3.09. The second kappa shape index (κ2) is 4.49. The van der Waals surface area contributed by atoms with Gasteiger partial charge in [0.1, 0.15) is 0 Å². The molecule has 1 N–H and O–H groups in total. The van der Waals surface area contributed by atoms with Gasteiger partial charge in [-0.1, -0.05) is 18.5 Å². The van der Waals surface area contributed by atoms with Crippen LogP contribution < -0.4 is 0 Å². The molecule has 4 heteroatoms. The zero-order chi connectivity index (χ0) is 13.6. The summed E-state index contributed by atoms with van der Waals surface area (Å²) in [6.07, 6.45) is 2.87. The van der Waals surface area contributed by atoms with Gasteiger partial charge in [0.15, 0.2) is 0 Å². The topological polar surface area (TPSA) is 50.2 Å². The molecule has 19 heavy (non-hydrogen) atoms. The molecule has 1 aliphatic rings. The van der Waals surface area contributed by atoms with Crippen molar-refractivity contribution >= 4 is 28.5 Å². The molecule has 1 unspecified atom stereocenters. The first-order valence-electron chi connectivity index (χ1n) is 6.43. The fraction of sp³-hybridized carbons (Fsp3) is 0.333. The smallest absolute Gasteiger partial charge is 0.336 e. The summed E-state index contributed by atoms with van der Waals surface area (Å²) >= 11 is 5.99. The van der Waals surface area contributed by atoms with Gasteiger partial charge in [-0.25, -0.2) is 4.79 Å². The SMILES string of the molecule is CC1CCCc2c1nc1ccc(Cl)cc1c2C(=O)O. The van der Waals surface area contributed by atoms with Crippen LogP contribution in [-0.2, 0) is 6.42 Å². The van der Waals surface area contributed by atoms with Gasteiger partial charge in [-0.2, -0.15) is 0 Å². The Kier molecular flexibility index (Phi) is 2.94. The third-order valence-electron chi connectivity index (χ3n) is 3.82. The van der Waals surface area contributed by atoms with Crippen molar-refractivity contribution in [1.29, 1.82) is 0 Å². The minimum Gasteiger partial charge on any atom is -0.478 e. The Bertz CT molecular complexity index is 681. The van der Waals surface area contributed by atoms with Gasteiger partial charge in [-0.15, -0.1) is 0 Å². The Morgan fingerprint density at radius 3 is 3.00 bits per heavy atom. The van der Waals surface area contributed by atoms with Crippen molar-refractivity contribution in [1.82, 2.24) is 4.98 Å². The predicted molar refractivity (Wildman–Crippen MR) is 75.1 cm³/mol. The lowest BCUT2D eigenvalue weighted by Gasteiger charge is -2.23. The van der Waals surface area contributed by atoms with Crippen LogP contribution in [0.25, 0.3) is 10.9 Å². The summed E-state index contributed by atoms with van der Waals surface area (Å²) in [6, 6.07) is 5.25. The number of fused-ring (bicyclic) bond motifs is 2. The Balaban J connectivity index is 2.42. The van der Waals surface area contributed by atoms with E-state index < -0.39 is 5.97 Å². The number of benzene rings is 1. The van der Waals surface area contributed by atoms with Crippen LogP contribution in [0.2, 0.25) is 5.02 Å². The highest BCUT2D eigenvalue weighted by Crippen LogP contribution is 2.35. The Morgan fingerprint density at radius 2 is 2.26 bits per heavy atom. The van der Waals surface area contributed by atoms with E-state index in [4.69, 9.17) is 11.6 Å². The van der Waals surface area contributed by atoms with Crippen LogP contribution in [0.4, 0.5) is 0 Å². The first-order chi connectivity index (χ1) is 9.08. The van der Waals surface area contributed by atoms with Crippen LogP contribution in [0.3, 0.4) is 0 Å². The Morgan fingerprint density at radius 1 is 1.47 bits per heavy atom. The van der Waals surface area contributed by atoms with Gasteiger partial charge in [0.25, 0.3) is 0 Å². The summed E-state index contributed by atoms with van der Waals surface area (Å²) in [5.41, 5.74) is 2.93. The first kappa shape index (κ1) is 12.4. The summed E-state index contributed by atoms with van der Waals surface area (Å²) in [6.45, 7) is 2.11. The molecule has 0 bridgehead atoms. The van der Waals surface area contributed by atoms with Gasteiger partial charge >= 0.3 is 5.97 Å². The van der Waals surface area contributed by atoms with Crippen molar-refractivity contribution in [3.63, 3.8) is 0 Å². The van der Waals surface area contributed by atoms with Gasteiger partial charge in [-0.3, -0.25) is 4.98 Å². The lowest BCUT2D eigenvalue weighted by atomic mass is 9.84. The molecule has 0 fully saturated rings. The number of pyridine rings is 1. The number of carboxylic acids is 1. The minimum atomic E-state index is -0.889. The molecule has 3 nitrogen and oxygen atoms in total. The highest BCUT2D eigenvalue weighted by Gasteiger charge is 2.25. The van der Waals surface area contributed by atoms with Crippen LogP contribution in [0.15, 0.2) is 18.2 Å². The molecule has 1 aliphatic carbocycles. The van der Waals surface area contributed by atoms with Crippen LogP contribution >= 0.6 is 11.6 Å². The minimum absolute atomic E-state index is 0.321. The van der Waals surface area contributed by atoms with E-state index in [1.54, 1.807) is 18.2 Å². The molecular weight excluding hydrogens is 262 g/mol.